The van der Waals surface area contributed by atoms with Crippen LogP contribution in [0.2, 0.25) is 0 Å². The van der Waals surface area contributed by atoms with Gasteiger partial charge in [-0.1, -0.05) is 0 Å². The van der Waals surface area contributed by atoms with Crippen LogP contribution in [0, 0.1) is 3.57 Å². The molecule has 1 atom stereocenters. The number of carboxylic acid groups (broad SMARTS) is 1. The van der Waals surface area contributed by atoms with Crippen molar-refractivity contribution in [2.24, 2.45) is 0 Å². The average Bonchev–Trinajstić information content (AvgIpc) is 3.00. The van der Waals surface area contributed by atoms with Crippen LogP contribution in [0.1, 0.15) is 24.9 Å². The van der Waals surface area contributed by atoms with Crippen molar-refractivity contribution < 1.29 is 19.4 Å². The Morgan fingerprint density at radius 3 is 2.70 bits per heavy atom. The number of Topliss-reactive ketones (excluding diaryl/α,β-unsaturated/α-hetero) is 1. The van der Waals surface area contributed by atoms with Crippen molar-refractivity contribution >= 4 is 34.3 Å². The van der Waals surface area contributed by atoms with Gasteiger partial charge < -0.3 is 9.84 Å². The van der Waals surface area contributed by atoms with Crippen molar-refractivity contribution in [1.29, 1.82) is 0 Å². The minimum absolute atomic E-state index is 0.0356. The lowest BCUT2D eigenvalue weighted by Gasteiger charge is -2.12. The molecule has 1 heterocycles. The molecule has 6 nitrogen and oxygen atoms in total. The standard InChI is InChI=1S/C16H17IN2O4/c1-11(19-9-12(8-18-19)2-7-16(21)22)15(20)10-23-14-5-3-13(17)4-6-14/h3-6,8-9,11H,2,7,10H2,1H3,(H,21,22). The zero-order valence-electron chi connectivity index (χ0n) is 12.6. The molecule has 1 unspecified atom stereocenters. The van der Waals surface area contributed by atoms with Gasteiger partial charge in [0.05, 0.1) is 6.20 Å². The van der Waals surface area contributed by atoms with E-state index in [0.29, 0.717) is 12.2 Å². The van der Waals surface area contributed by atoms with Crippen molar-refractivity contribution in [1.82, 2.24) is 9.78 Å². The quantitative estimate of drug-likeness (QED) is 0.655. The smallest absolute Gasteiger partial charge is 0.303 e. The summed E-state index contributed by atoms with van der Waals surface area (Å²) in [6.07, 6.45) is 3.74. The Labute approximate surface area is 147 Å². The number of hydrogen-bond donors (Lipinski definition) is 1. The van der Waals surface area contributed by atoms with Gasteiger partial charge in [-0.05, 0) is 65.8 Å². The van der Waals surface area contributed by atoms with Gasteiger partial charge >= 0.3 is 5.97 Å². The lowest BCUT2D eigenvalue weighted by molar-refractivity contribution is -0.137. The zero-order chi connectivity index (χ0) is 16.8. The highest BCUT2D eigenvalue weighted by Crippen LogP contribution is 2.15. The summed E-state index contributed by atoms with van der Waals surface area (Å²) in [7, 11) is 0. The van der Waals surface area contributed by atoms with Crippen molar-refractivity contribution in [2.75, 3.05) is 6.61 Å². The summed E-state index contributed by atoms with van der Waals surface area (Å²) >= 11 is 2.20. The van der Waals surface area contributed by atoms with Crippen LogP contribution in [0.4, 0.5) is 0 Å². The van der Waals surface area contributed by atoms with E-state index in [9.17, 15) is 9.59 Å². The highest BCUT2D eigenvalue weighted by atomic mass is 127. The van der Waals surface area contributed by atoms with Gasteiger partial charge in [-0.3, -0.25) is 14.3 Å². The molecule has 0 aliphatic carbocycles. The van der Waals surface area contributed by atoms with Crippen molar-refractivity contribution in [3.8, 4) is 5.75 Å². The maximum atomic E-state index is 12.2. The summed E-state index contributed by atoms with van der Waals surface area (Å²) in [6.45, 7) is 1.71. The van der Waals surface area contributed by atoms with E-state index in [-0.39, 0.29) is 18.8 Å². The monoisotopic (exact) mass is 428 g/mol. The van der Waals surface area contributed by atoms with E-state index in [1.807, 2.05) is 24.3 Å². The van der Waals surface area contributed by atoms with Gasteiger partial charge in [-0.25, -0.2) is 0 Å². The Bertz CT molecular complexity index is 682. The SMILES string of the molecule is CC(C(=O)COc1ccc(I)cc1)n1cc(CCC(=O)O)cn1. The fourth-order valence-corrected chi connectivity index (χ4v) is 2.28. The Hall–Kier alpha value is -1.90. The van der Waals surface area contributed by atoms with Gasteiger partial charge in [0, 0.05) is 16.2 Å². The number of carboxylic acids is 1. The lowest BCUT2D eigenvalue weighted by atomic mass is 10.2. The molecule has 0 bridgehead atoms. The largest absolute Gasteiger partial charge is 0.486 e. The molecule has 0 radical (unpaired) electrons. The van der Waals surface area contributed by atoms with Gasteiger partial charge in [-0.15, -0.1) is 0 Å². The summed E-state index contributed by atoms with van der Waals surface area (Å²) in [5, 5.41) is 12.8. The van der Waals surface area contributed by atoms with Gasteiger partial charge in [-0.2, -0.15) is 5.10 Å². The summed E-state index contributed by atoms with van der Waals surface area (Å²) in [5.74, 6) is -0.308. The number of carbonyl (C=O) groups is 2. The summed E-state index contributed by atoms with van der Waals surface area (Å²) in [6, 6.07) is 6.99. The molecule has 2 rings (SSSR count). The number of aryl methyl sites for hydroxylation is 1. The fraction of sp³-hybridized carbons (Fsp3) is 0.312. The minimum Gasteiger partial charge on any atom is -0.486 e. The van der Waals surface area contributed by atoms with E-state index in [1.165, 1.54) is 4.68 Å². The predicted octanol–water partition coefficient (Wildman–Crippen LogP) is 2.71. The maximum absolute atomic E-state index is 12.2. The van der Waals surface area contributed by atoms with Crippen LogP contribution in [-0.4, -0.2) is 33.2 Å². The van der Waals surface area contributed by atoms with Crippen LogP contribution in [0.5, 0.6) is 5.75 Å². The van der Waals surface area contributed by atoms with E-state index < -0.39 is 12.0 Å². The summed E-state index contributed by atoms with van der Waals surface area (Å²) in [5.41, 5.74) is 0.797. The number of hydrogen-bond acceptors (Lipinski definition) is 4. The molecule has 2 aromatic rings. The first-order valence-electron chi connectivity index (χ1n) is 7.11. The Morgan fingerprint density at radius 2 is 2.04 bits per heavy atom. The molecule has 0 amide bonds. The van der Waals surface area contributed by atoms with Crippen LogP contribution in [0.3, 0.4) is 0 Å². The van der Waals surface area contributed by atoms with E-state index >= 15 is 0 Å². The molecular formula is C16H17IN2O4. The third-order valence-corrected chi connectivity index (χ3v) is 4.06. The Kier molecular flexibility index (Phi) is 6.14. The summed E-state index contributed by atoms with van der Waals surface area (Å²) in [4.78, 5) is 22.7. The second-order valence-electron chi connectivity index (χ2n) is 5.11. The average molecular weight is 428 g/mol. The molecule has 23 heavy (non-hydrogen) atoms. The molecule has 0 spiro atoms. The van der Waals surface area contributed by atoms with E-state index in [4.69, 9.17) is 9.84 Å². The fourth-order valence-electron chi connectivity index (χ4n) is 1.92. The number of halogens is 1. The number of benzene rings is 1. The molecule has 1 N–H and O–H groups in total. The number of carbonyl (C=O) groups excluding carboxylic acids is 1. The Morgan fingerprint density at radius 1 is 1.35 bits per heavy atom. The molecule has 0 saturated carbocycles. The van der Waals surface area contributed by atoms with Crippen LogP contribution in [0.15, 0.2) is 36.7 Å². The number of ketones is 1. The van der Waals surface area contributed by atoms with Gasteiger partial charge in [0.25, 0.3) is 0 Å². The molecular weight excluding hydrogens is 411 g/mol. The van der Waals surface area contributed by atoms with E-state index in [1.54, 1.807) is 19.3 Å². The highest BCUT2D eigenvalue weighted by Gasteiger charge is 2.17. The first-order valence-corrected chi connectivity index (χ1v) is 8.19. The third-order valence-electron chi connectivity index (χ3n) is 3.34. The molecule has 0 fully saturated rings. The first-order chi connectivity index (χ1) is 11.0. The van der Waals surface area contributed by atoms with E-state index in [2.05, 4.69) is 27.7 Å². The maximum Gasteiger partial charge on any atom is 0.303 e. The first kappa shape index (κ1) is 17.5. The molecule has 0 aliphatic rings. The molecule has 122 valence electrons. The predicted molar refractivity (Wildman–Crippen MR) is 92.6 cm³/mol. The van der Waals surface area contributed by atoms with Gasteiger partial charge in [0.15, 0.2) is 5.78 Å². The second-order valence-corrected chi connectivity index (χ2v) is 6.35. The highest BCUT2D eigenvalue weighted by molar-refractivity contribution is 14.1. The Balaban J connectivity index is 1.89. The van der Waals surface area contributed by atoms with Gasteiger partial charge in [0.1, 0.15) is 18.4 Å². The molecule has 7 heteroatoms. The lowest BCUT2D eigenvalue weighted by Crippen LogP contribution is -2.23. The molecule has 1 aromatic heterocycles. The number of ether oxygens (including phenoxy) is 1. The van der Waals surface area contributed by atoms with Crippen LogP contribution < -0.4 is 4.74 Å². The van der Waals surface area contributed by atoms with Crippen molar-refractivity contribution in [3.05, 3.63) is 45.8 Å². The van der Waals surface area contributed by atoms with Crippen LogP contribution in [-0.2, 0) is 16.0 Å². The van der Waals surface area contributed by atoms with Crippen molar-refractivity contribution in [3.63, 3.8) is 0 Å². The number of nitrogens with zero attached hydrogens (tertiary/aromatic N) is 2. The second kappa shape index (κ2) is 8.09. The molecule has 0 saturated heterocycles. The zero-order valence-corrected chi connectivity index (χ0v) is 14.8. The van der Waals surface area contributed by atoms with Crippen LogP contribution in [0.25, 0.3) is 0 Å². The number of aliphatic carboxylic acids is 1. The van der Waals surface area contributed by atoms with E-state index in [0.717, 1.165) is 9.13 Å². The number of rotatable bonds is 8. The van der Waals surface area contributed by atoms with Crippen LogP contribution >= 0.6 is 22.6 Å². The van der Waals surface area contributed by atoms with Crippen molar-refractivity contribution in [2.45, 2.75) is 25.8 Å². The topological polar surface area (TPSA) is 81.4 Å². The summed E-state index contributed by atoms with van der Waals surface area (Å²) < 4.78 is 8.12. The van der Waals surface area contributed by atoms with Gasteiger partial charge in [0.2, 0.25) is 0 Å². The number of aromatic nitrogens is 2. The third kappa shape index (κ3) is 5.34. The minimum atomic E-state index is -0.854. The normalized spacial score (nSPS) is 11.9. The molecule has 0 aliphatic heterocycles. The molecule has 1 aromatic carbocycles.